The van der Waals surface area contributed by atoms with Gasteiger partial charge in [0, 0.05) is 17.6 Å². The Morgan fingerprint density at radius 2 is 1.75 bits per heavy atom. The molecular weight excluding hydrogens is 200 g/mol. The molecule has 16 heavy (non-hydrogen) atoms. The number of aryl methyl sites for hydroxylation is 2. The number of nitrogens with one attached hydrogen (secondary N) is 1. The fourth-order valence-electron chi connectivity index (χ4n) is 2.20. The summed E-state index contributed by atoms with van der Waals surface area (Å²) >= 11 is 0. The molecule has 3 nitrogen and oxygen atoms in total. The average molecular weight is 224 g/mol. The van der Waals surface area contributed by atoms with Crippen molar-refractivity contribution in [3.8, 4) is 0 Å². The van der Waals surface area contributed by atoms with Gasteiger partial charge in [0.15, 0.2) is 0 Å². The fraction of sp³-hybridized carbons (Fsp3) is 0.769. The van der Waals surface area contributed by atoms with Gasteiger partial charge in [0.1, 0.15) is 5.76 Å². The van der Waals surface area contributed by atoms with Gasteiger partial charge in [-0.05, 0) is 33.1 Å². The third kappa shape index (κ3) is 2.85. The maximum atomic E-state index is 5.24. The van der Waals surface area contributed by atoms with E-state index in [1.54, 1.807) is 0 Å². The maximum Gasteiger partial charge on any atom is 0.138 e. The smallest absolute Gasteiger partial charge is 0.138 e. The van der Waals surface area contributed by atoms with Crippen LogP contribution in [-0.2, 0) is 0 Å². The number of hydrogen-bond donors (Lipinski definition) is 1. The molecule has 1 N–H and O–H groups in total. The van der Waals surface area contributed by atoms with Gasteiger partial charge in [0.25, 0.3) is 0 Å². The van der Waals surface area contributed by atoms with Gasteiger partial charge >= 0.3 is 0 Å². The predicted molar refractivity (Wildman–Crippen MR) is 66.5 cm³/mol. The molecule has 1 atom stereocenters. The first kappa shape index (κ1) is 13.2. The molecule has 1 rings (SSSR count). The first-order valence-corrected chi connectivity index (χ1v) is 6.32. The maximum absolute atomic E-state index is 5.24. The lowest BCUT2D eigenvalue weighted by molar-refractivity contribution is 0.381. The third-order valence-electron chi connectivity index (χ3n) is 3.27. The second-order valence-electron chi connectivity index (χ2n) is 4.38. The largest absolute Gasteiger partial charge is 0.361 e. The Kier molecular flexibility index (Phi) is 5.00. The summed E-state index contributed by atoms with van der Waals surface area (Å²) < 4.78 is 5.24. The fourth-order valence-corrected chi connectivity index (χ4v) is 2.20. The predicted octanol–water partition coefficient (Wildman–Crippen LogP) is 3.52. The van der Waals surface area contributed by atoms with Gasteiger partial charge < -0.3 is 9.84 Å². The summed E-state index contributed by atoms with van der Waals surface area (Å²) in [6.07, 6.45) is 3.39. The van der Waals surface area contributed by atoms with Crippen LogP contribution in [0.15, 0.2) is 4.52 Å². The number of rotatable bonds is 6. The minimum absolute atomic E-state index is 0.371. The Morgan fingerprint density at radius 3 is 2.12 bits per heavy atom. The number of aromatic nitrogens is 1. The Morgan fingerprint density at radius 1 is 1.12 bits per heavy atom. The van der Waals surface area contributed by atoms with Gasteiger partial charge in [-0.3, -0.25) is 0 Å². The van der Waals surface area contributed by atoms with Crippen molar-refractivity contribution in [2.75, 3.05) is 0 Å². The molecule has 92 valence electrons. The molecule has 0 aliphatic rings. The molecule has 0 bridgehead atoms. The van der Waals surface area contributed by atoms with Crippen LogP contribution in [0.5, 0.6) is 0 Å². The standard InChI is InChI=1S/C13H24N2O/c1-6-11(7-2)14-12(8-3)13-9(4)15-16-10(13)5/h11-12,14H,6-8H2,1-5H3. The van der Waals surface area contributed by atoms with E-state index in [1.807, 2.05) is 13.8 Å². The first-order chi connectivity index (χ1) is 7.63. The van der Waals surface area contributed by atoms with Crippen LogP contribution in [0.1, 0.15) is 63.1 Å². The molecule has 1 heterocycles. The molecule has 0 radical (unpaired) electrons. The van der Waals surface area contributed by atoms with E-state index < -0.39 is 0 Å². The second kappa shape index (κ2) is 6.04. The van der Waals surface area contributed by atoms with Crippen molar-refractivity contribution < 1.29 is 4.52 Å². The third-order valence-corrected chi connectivity index (χ3v) is 3.27. The quantitative estimate of drug-likeness (QED) is 0.803. The zero-order valence-electron chi connectivity index (χ0n) is 11.1. The van der Waals surface area contributed by atoms with Crippen LogP contribution in [0, 0.1) is 13.8 Å². The molecule has 0 aliphatic heterocycles. The van der Waals surface area contributed by atoms with E-state index in [1.165, 1.54) is 5.56 Å². The summed E-state index contributed by atoms with van der Waals surface area (Å²) in [5, 5.41) is 7.72. The lowest BCUT2D eigenvalue weighted by Gasteiger charge is -2.23. The second-order valence-corrected chi connectivity index (χ2v) is 4.38. The normalized spacial score (nSPS) is 13.4. The molecule has 0 saturated heterocycles. The van der Waals surface area contributed by atoms with E-state index >= 15 is 0 Å². The molecule has 1 aromatic heterocycles. The van der Waals surface area contributed by atoms with Crippen LogP contribution >= 0.6 is 0 Å². The highest BCUT2D eigenvalue weighted by Crippen LogP contribution is 2.24. The molecule has 3 heteroatoms. The van der Waals surface area contributed by atoms with Gasteiger partial charge in [-0.2, -0.15) is 0 Å². The van der Waals surface area contributed by atoms with E-state index in [-0.39, 0.29) is 0 Å². The molecule has 0 spiro atoms. The van der Waals surface area contributed by atoms with E-state index in [4.69, 9.17) is 4.52 Å². The van der Waals surface area contributed by atoms with Gasteiger partial charge in [-0.15, -0.1) is 0 Å². The van der Waals surface area contributed by atoms with Crippen molar-refractivity contribution in [1.82, 2.24) is 10.5 Å². The van der Waals surface area contributed by atoms with Crippen LogP contribution in [0.3, 0.4) is 0 Å². The van der Waals surface area contributed by atoms with E-state index in [2.05, 4.69) is 31.2 Å². The van der Waals surface area contributed by atoms with Gasteiger partial charge in [-0.1, -0.05) is 25.9 Å². The van der Waals surface area contributed by atoms with Crippen LogP contribution < -0.4 is 5.32 Å². The van der Waals surface area contributed by atoms with E-state index in [9.17, 15) is 0 Å². The molecule has 0 amide bonds. The van der Waals surface area contributed by atoms with Crippen molar-refractivity contribution in [2.24, 2.45) is 0 Å². The Balaban J connectivity index is 2.82. The Bertz CT molecular complexity index is 296. The minimum atomic E-state index is 0.371. The van der Waals surface area contributed by atoms with Gasteiger partial charge in [0.05, 0.1) is 5.69 Å². The molecule has 1 unspecified atom stereocenters. The zero-order valence-corrected chi connectivity index (χ0v) is 11.1. The highest BCUT2D eigenvalue weighted by atomic mass is 16.5. The molecule has 0 aromatic carbocycles. The van der Waals surface area contributed by atoms with E-state index in [0.29, 0.717) is 12.1 Å². The summed E-state index contributed by atoms with van der Waals surface area (Å²) in [6, 6.07) is 0.954. The SMILES string of the molecule is CCC(CC)NC(CC)c1c(C)noc1C. The summed E-state index contributed by atoms with van der Waals surface area (Å²) in [6.45, 7) is 10.7. The zero-order chi connectivity index (χ0) is 12.1. The van der Waals surface area contributed by atoms with Crippen LogP contribution in [0.25, 0.3) is 0 Å². The van der Waals surface area contributed by atoms with Crippen LogP contribution in [0.4, 0.5) is 0 Å². The first-order valence-electron chi connectivity index (χ1n) is 6.32. The molecule has 0 saturated carbocycles. The summed E-state index contributed by atoms with van der Waals surface area (Å²) in [5.74, 6) is 0.947. The minimum Gasteiger partial charge on any atom is -0.361 e. The van der Waals surface area contributed by atoms with Crippen molar-refractivity contribution in [3.05, 3.63) is 17.0 Å². The molecule has 0 fully saturated rings. The Labute approximate surface area is 98.6 Å². The Hall–Kier alpha value is -0.830. The number of hydrogen-bond acceptors (Lipinski definition) is 3. The van der Waals surface area contributed by atoms with Crippen LogP contribution in [-0.4, -0.2) is 11.2 Å². The van der Waals surface area contributed by atoms with E-state index in [0.717, 1.165) is 30.7 Å². The summed E-state index contributed by atoms with van der Waals surface area (Å²) in [7, 11) is 0. The monoisotopic (exact) mass is 224 g/mol. The lowest BCUT2D eigenvalue weighted by atomic mass is 10.0. The van der Waals surface area contributed by atoms with Crippen molar-refractivity contribution in [2.45, 2.75) is 66.0 Å². The van der Waals surface area contributed by atoms with Crippen molar-refractivity contribution >= 4 is 0 Å². The average Bonchev–Trinajstić information content (AvgIpc) is 2.62. The number of nitrogens with zero attached hydrogens (tertiary/aromatic N) is 1. The highest BCUT2D eigenvalue weighted by Gasteiger charge is 2.20. The molecule has 0 aliphatic carbocycles. The topological polar surface area (TPSA) is 38.1 Å². The summed E-state index contributed by atoms with van der Waals surface area (Å²) in [5.41, 5.74) is 2.26. The van der Waals surface area contributed by atoms with Gasteiger partial charge in [0.2, 0.25) is 0 Å². The highest BCUT2D eigenvalue weighted by molar-refractivity contribution is 5.25. The summed E-state index contributed by atoms with van der Waals surface area (Å²) in [4.78, 5) is 0. The van der Waals surface area contributed by atoms with Crippen molar-refractivity contribution in [1.29, 1.82) is 0 Å². The molecular formula is C13H24N2O. The van der Waals surface area contributed by atoms with Gasteiger partial charge in [-0.25, -0.2) is 0 Å². The molecule has 1 aromatic rings. The van der Waals surface area contributed by atoms with Crippen molar-refractivity contribution in [3.63, 3.8) is 0 Å². The lowest BCUT2D eigenvalue weighted by Crippen LogP contribution is -2.32. The van der Waals surface area contributed by atoms with Crippen LogP contribution in [0.2, 0.25) is 0 Å².